The van der Waals surface area contributed by atoms with Crippen molar-refractivity contribution in [3.8, 4) is 0 Å². The lowest BCUT2D eigenvalue weighted by Crippen LogP contribution is -2.13. The maximum Gasteiger partial charge on any atom is 0.179 e. The molecular weight excluding hydrogens is 262 g/mol. The van der Waals surface area contributed by atoms with Crippen LogP contribution in [0, 0.1) is 6.92 Å². The highest BCUT2D eigenvalue weighted by Gasteiger charge is 2.03. The van der Waals surface area contributed by atoms with E-state index < -0.39 is 0 Å². The van der Waals surface area contributed by atoms with Crippen LogP contribution in [0.1, 0.15) is 23.9 Å². The van der Waals surface area contributed by atoms with Gasteiger partial charge < -0.3 is 5.32 Å². The zero-order valence-electron chi connectivity index (χ0n) is 10.6. The predicted octanol–water partition coefficient (Wildman–Crippen LogP) is 3.50. The summed E-state index contributed by atoms with van der Waals surface area (Å²) < 4.78 is 1.00. The minimum atomic E-state index is 0.941. The molecule has 0 saturated carbocycles. The van der Waals surface area contributed by atoms with Crippen LogP contribution in [0.4, 0.5) is 0 Å². The van der Waals surface area contributed by atoms with Crippen molar-refractivity contribution >= 4 is 23.1 Å². The van der Waals surface area contributed by atoms with Gasteiger partial charge in [0, 0.05) is 11.4 Å². The molecule has 18 heavy (non-hydrogen) atoms. The summed E-state index contributed by atoms with van der Waals surface area (Å²) in [7, 11) is 0. The summed E-state index contributed by atoms with van der Waals surface area (Å²) in [6.45, 7) is 6.16. The highest BCUT2D eigenvalue weighted by Crippen LogP contribution is 2.29. The van der Waals surface area contributed by atoms with Gasteiger partial charge in [0.25, 0.3) is 0 Å². The fourth-order valence-electron chi connectivity index (χ4n) is 1.51. The number of hydrogen-bond donors (Lipinski definition) is 1. The first-order valence-corrected chi connectivity index (χ1v) is 7.69. The van der Waals surface area contributed by atoms with E-state index in [4.69, 9.17) is 0 Å². The molecule has 0 unspecified atom stereocenters. The summed E-state index contributed by atoms with van der Waals surface area (Å²) in [6, 6.07) is 8.62. The Hall–Kier alpha value is -0.910. The van der Waals surface area contributed by atoms with E-state index in [-0.39, 0.29) is 0 Å². The lowest BCUT2D eigenvalue weighted by molar-refractivity contribution is 0.675. The second-order valence-electron chi connectivity index (χ2n) is 4.01. The Morgan fingerprint density at radius 2 is 2.00 bits per heavy atom. The molecule has 0 fully saturated rings. The SMILES string of the molecule is CCCNCc1ccc(Sc2nnc(C)s2)cc1. The molecule has 0 amide bonds. The maximum absolute atomic E-state index is 4.11. The van der Waals surface area contributed by atoms with Crippen molar-refractivity contribution in [2.45, 2.75) is 36.0 Å². The highest BCUT2D eigenvalue weighted by molar-refractivity contribution is 8.01. The van der Waals surface area contributed by atoms with Gasteiger partial charge in [-0.1, -0.05) is 42.2 Å². The van der Waals surface area contributed by atoms with Gasteiger partial charge in [-0.15, -0.1) is 10.2 Å². The molecule has 0 aliphatic heterocycles. The van der Waals surface area contributed by atoms with Gasteiger partial charge in [0.05, 0.1) is 0 Å². The summed E-state index contributed by atoms with van der Waals surface area (Å²) >= 11 is 3.30. The normalized spacial score (nSPS) is 10.8. The Morgan fingerprint density at radius 3 is 2.61 bits per heavy atom. The number of hydrogen-bond acceptors (Lipinski definition) is 5. The standard InChI is InChI=1S/C13H17N3S2/c1-3-8-14-9-11-4-6-12(7-5-11)18-13-16-15-10(2)17-13/h4-7,14H,3,8-9H2,1-2H3. The third kappa shape index (κ3) is 4.08. The summed E-state index contributed by atoms with van der Waals surface area (Å²) in [5.74, 6) is 0. The molecular formula is C13H17N3S2. The molecule has 0 radical (unpaired) electrons. The molecule has 3 nitrogen and oxygen atoms in total. The van der Waals surface area contributed by atoms with E-state index in [9.17, 15) is 0 Å². The van der Waals surface area contributed by atoms with Crippen LogP contribution >= 0.6 is 23.1 Å². The Morgan fingerprint density at radius 1 is 1.22 bits per heavy atom. The molecule has 0 aliphatic rings. The van der Waals surface area contributed by atoms with Gasteiger partial charge in [-0.3, -0.25) is 0 Å². The van der Waals surface area contributed by atoms with E-state index in [1.165, 1.54) is 16.9 Å². The van der Waals surface area contributed by atoms with Crippen molar-refractivity contribution in [1.29, 1.82) is 0 Å². The summed E-state index contributed by atoms with van der Waals surface area (Å²) in [5.41, 5.74) is 1.32. The monoisotopic (exact) mass is 279 g/mol. The van der Waals surface area contributed by atoms with Crippen LogP contribution < -0.4 is 5.32 Å². The third-order valence-corrected chi connectivity index (χ3v) is 4.29. The van der Waals surface area contributed by atoms with Gasteiger partial charge in [0.1, 0.15) is 5.01 Å². The third-order valence-electron chi connectivity index (χ3n) is 2.39. The van der Waals surface area contributed by atoms with Gasteiger partial charge in [-0.25, -0.2) is 0 Å². The summed E-state index contributed by atoms with van der Waals surface area (Å²) in [6.07, 6.45) is 1.17. The number of rotatable bonds is 6. The van der Waals surface area contributed by atoms with Crippen molar-refractivity contribution < 1.29 is 0 Å². The number of aromatic nitrogens is 2. The second-order valence-corrected chi connectivity index (χ2v) is 6.51. The smallest absolute Gasteiger partial charge is 0.179 e. The molecule has 0 aliphatic carbocycles. The molecule has 1 heterocycles. The number of nitrogens with one attached hydrogen (secondary N) is 1. The van der Waals surface area contributed by atoms with Crippen LogP contribution in [0.2, 0.25) is 0 Å². The lowest BCUT2D eigenvalue weighted by atomic mass is 10.2. The lowest BCUT2D eigenvalue weighted by Gasteiger charge is -2.04. The molecule has 1 N–H and O–H groups in total. The van der Waals surface area contributed by atoms with E-state index in [0.29, 0.717) is 0 Å². The molecule has 1 aromatic heterocycles. The maximum atomic E-state index is 4.11. The molecule has 0 atom stereocenters. The minimum absolute atomic E-state index is 0.941. The highest BCUT2D eigenvalue weighted by atomic mass is 32.2. The molecule has 2 rings (SSSR count). The van der Waals surface area contributed by atoms with Crippen molar-refractivity contribution in [2.75, 3.05) is 6.54 Å². The van der Waals surface area contributed by atoms with Crippen molar-refractivity contribution in [2.24, 2.45) is 0 Å². The fourth-order valence-corrected chi connectivity index (χ4v) is 3.29. The Balaban J connectivity index is 1.91. The summed E-state index contributed by atoms with van der Waals surface area (Å²) in [5, 5.41) is 12.5. The quantitative estimate of drug-likeness (QED) is 0.821. The Kier molecular flexibility index (Phi) is 5.16. The number of benzene rings is 1. The van der Waals surface area contributed by atoms with Gasteiger partial charge >= 0.3 is 0 Å². The van der Waals surface area contributed by atoms with E-state index in [2.05, 4.69) is 46.7 Å². The molecule has 2 aromatic rings. The van der Waals surface area contributed by atoms with Gasteiger partial charge in [0.2, 0.25) is 0 Å². The number of nitrogens with zero attached hydrogens (tertiary/aromatic N) is 2. The average molecular weight is 279 g/mol. The fraction of sp³-hybridized carbons (Fsp3) is 0.385. The molecule has 0 saturated heterocycles. The Bertz CT molecular complexity index is 479. The van der Waals surface area contributed by atoms with Crippen LogP contribution in [-0.2, 0) is 6.54 Å². The van der Waals surface area contributed by atoms with E-state index >= 15 is 0 Å². The molecule has 96 valence electrons. The molecule has 0 spiro atoms. The van der Waals surface area contributed by atoms with E-state index in [1.807, 2.05) is 6.92 Å². The van der Waals surface area contributed by atoms with Gasteiger partial charge in [-0.2, -0.15) is 0 Å². The zero-order valence-corrected chi connectivity index (χ0v) is 12.3. The van der Waals surface area contributed by atoms with Crippen LogP contribution in [0.5, 0.6) is 0 Å². The molecule has 1 aromatic carbocycles. The van der Waals surface area contributed by atoms with Crippen LogP contribution in [0.3, 0.4) is 0 Å². The van der Waals surface area contributed by atoms with Crippen molar-refractivity contribution in [1.82, 2.24) is 15.5 Å². The van der Waals surface area contributed by atoms with Crippen molar-refractivity contribution in [3.05, 3.63) is 34.8 Å². The Labute approximate surface area is 116 Å². The second kappa shape index (κ2) is 6.87. The first kappa shape index (κ1) is 13.5. The van der Waals surface area contributed by atoms with E-state index in [0.717, 1.165) is 22.4 Å². The topological polar surface area (TPSA) is 37.8 Å². The molecule has 0 bridgehead atoms. The van der Waals surface area contributed by atoms with E-state index in [1.54, 1.807) is 23.1 Å². The average Bonchev–Trinajstić information content (AvgIpc) is 2.77. The minimum Gasteiger partial charge on any atom is -0.313 e. The van der Waals surface area contributed by atoms with Crippen LogP contribution in [-0.4, -0.2) is 16.7 Å². The van der Waals surface area contributed by atoms with Crippen LogP contribution in [0.25, 0.3) is 0 Å². The van der Waals surface area contributed by atoms with Gasteiger partial charge in [0.15, 0.2) is 4.34 Å². The van der Waals surface area contributed by atoms with Crippen molar-refractivity contribution in [3.63, 3.8) is 0 Å². The first-order chi connectivity index (χ1) is 8.78. The van der Waals surface area contributed by atoms with Crippen LogP contribution in [0.15, 0.2) is 33.5 Å². The summed E-state index contributed by atoms with van der Waals surface area (Å²) in [4.78, 5) is 1.21. The number of aryl methyl sites for hydroxylation is 1. The van der Waals surface area contributed by atoms with Gasteiger partial charge in [-0.05, 0) is 37.6 Å². The zero-order chi connectivity index (χ0) is 12.8. The largest absolute Gasteiger partial charge is 0.313 e. The molecule has 5 heteroatoms. The predicted molar refractivity (Wildman–Crippen MR) is 77.2 cm³/mol. The first-order valence-electron chi connectivity index (χ1n) is 6.05.